The number of nitrogens with one attached hydrogen (secondary N) is 6. The predicted molar refractivity (Wildman–Crippen MR) is 577 cm³/mol. The van der Waals surface area contributed by atoms with Crippen LogP contribution in [0.25, 0.3) is 87.2 Å². The zero-order chi connectivity index (χ0) is 99.7. The number of hydrogen-bond acceptors (Lipinski definition) is 25. The van der Waals surface area contributed by atoms with Crippen molar-refractivity contribution in [1.82, 2.24) is 82.9 Å². The van der Waals surface area contributed by atoms with Gasteiger partial charge < -0.3 is 69.1 Å². The van der Waals surface area contributed by atoms with E-state index in [2.05, 4.69) is 125 Å². The van der Waals surface area contributed by atoms with E-state index in [1.807, 2.05) is 272 Å². The van der Waals surface area contributed by atoms with Crippen molar-refractivity contribution in [2.24, 2.45) is 7.05 Å². The van der Waals surface area contributed by atoms with Gasteiger partial charge in [-0.3, -0.25) is 24.0 Å². The van der Waals surface area contributed by atoms with E-state index in [1.165, 1.54) is 19.3 Å². The number of ether oxygens (including phenoxy) is 2. The fourth-order valence-electron chi connectivity index (χ4n) is 17.0. The Labute approximate surface area is 829 Å². The van der Waals surface area contributed by atoms with E-state index < -0.39 is 0 Å². The highest BCUT2D eigenvalue weighted by atomic mass is 32.1. The molecule has 1 fully saturated rings. The Morgan fingerprint density at radius 1 is 0.380 bits per heavy atom. The number of benzene rings is 2. The number of thiophene rings is 1. The van der Waals surface area contributed by atoms with Crippen LogP contribution in [0.2, 0.25) is 0 Å². The number of hydrogen-bond donors (Lipinski definition) is 6. The van der Waals surface area contributed by atoms with Gasteiger partial charge in [0, 0.05) is 174 Å². The van der Waals surface area contributed by atoms with Gasteiger partial charge in [-0.15, -0.1) is 11.3 Å². The molecule has 0 bridgehead atoms. The molecule has 0 amide bonds. The third-order valence-corrected chi connectivity index (χ3v) is 25.9. The molecule has 728 valence electrons. The zero-order valence-corrected chi connectivity index (χ0v) is 83.5. The number of pyridine rings is 15. The summed E-state index contributed by atoms with van der Waals surface area (Å²) in [6.07, 6.45) is 23.8. The van der Waals surface area contributed by atoms with Gasteiger partial charge in [0.25, 0.3) is 27.8 Å². The summed E-state index contributed by atoms with van der Waals surface area (Å²) in [4.78, 5) is 117. The lowest BCUT2D eigenvalue weighted by atomic mass is 9.84. The molecule has 16 heterocycles. The topological polar surface area (TPSA) is 335 Å². The van der Waals surface area contributed by atoms with Gasteiger partial charge in [0.15, 0.2) is 0 Å². The van der Waals surface area contributed by atoms with E-state index in [1.54, 1.807) is 75.5 Å². The van der Waals surface area contributed by atoms with Gasteiger partial charge in [0.05, 0.1) is 45.5 Å². The first-order chi connectivity index (χ1) is 69.0. The van der Waals surface area contributed by atoms with E-state index in [9.17, 15) is 24.0 Å². The van der Waals surface area contributed by atoms with Crippen molar-refractivity contribution in [3.8, 4) is 44.2 Å². The molecule has 19 rings (SSSR count). The summed E-state index contributed by atoms with van der Waals surface area (Å²) in [6.45, 7) is 33.6. The maximum absolute atomic E-state index is 13.1. The minimum absolute atomic E-state index is 0.0214. The van der Waals surface area contributed by atoms with E-state index >= 15 is 0 Å². The second-order valence-electron chi connectivity index (χ2n) is 35.0. The fourth-order valence-corrected chi connectivity index (χ4v) is 17.8. The van der Waals surface area contributed by atoms with Gasteiger partial charge in [-0.1, -0.05) is 146 Å². The summed E-state index contributed by atoms with van der Waals surface area (Å²) in [7, 11) is 1.78. The molecule has 6 N–H and O–H groups in total. The van der Waals surface area contributed by atoms with Crippen LogP contribution in [0, 0.1) is 20.8 Å². The largest absolute Gasteiger partial charge is 0.491 e. The Bertz CT molecular complexity index is 7630. The van der Waals surface area contributed by atoms with Crippen molar-refractivity contribution < 1.29 is 9.47 Å². The SMILES string of the molecule is CCN(CC)CCOc1ccc(Nc2cc3[nH]c(=O)c(-c4ccccc4)cc3cn2)nc1.CCN(CC)CCOc1ccc(Nc2cc3c(cn2)cc(-c2ccccc2)c(=O)n3C)nc1.CCn1c(=O)c(-c2cccs2)cc2cnc(Nc3ccc(C)cn3)cc21.CCn1c(=O)c(C(C)C)cc2cnc(Nc3ccc(C)cn3)cc21.CCn1c(=O)c(C2CCCCC2)cc2cnc(Nc3ccc(C)cn3)cc21. The lowest BCUT2D eigenvalue weighted by molar-refractivity contribution is 0.222. The highest BCUT2D eigenvalue weighted by Crippen LogP contribution is 2.35. The molecule has 30 heteroatoms. The lowest BCUT2D eigenvalue weighted by Crippen LogP contribution is -2.27. The third kappa shape index (κ3) is 25.4. The second kappa shape index (κ2) is 48.2. The molecule has 1 aliphatic rings. The molecule has 0 radical (unpaired) electrons. The van der Waals surface area contributed by atoms with Crippen molar-refractivity contribution in [3.05, 3.63) is 341 Å². The molecule has 0 atom stereocenters. The molecular formula is C112H122N22O7S. The molecule has 1 saturated carbocycles. The smallest absolute Gasteiger partial charge is 0.259 e. The Balaban J connectivity index is 0.000000135. The van der Waals surface area contributed by atoms with E-state index in [4.69, 9.17) is 9.47 Å². The maximum Gasteiger partial charge on any atom is 0.259 e. The van der Waals surface area contributed by atoms with Crippen LogP contribution < -0.4 is 63.9 Å². The number of rotatable bonds is 30. The Hall–Kier alpha value is -15.8. The van der Waals surface area contributed by atoms with Gasteiger partial charge in [0.1, 0.15) is 82.9 Å². The van der Waals surface area contributed by atoms with Crippen LogP contribution in [0.3, 0.4) is 0 Å². The average molecular weight is 1920 g/mol. The second-order valence-corrected chi connectivity index (χ2v) is 36.0. The lowest BCUT2D eigenvalue weighted by Gasteiger charge is -2.23. The summed E-state index contributed by atoms with van der Waals surface area (Å²) in [5, 5.41) is 22.7. The van der Waals surface area contributed by atoms with Crippen LogP contribution in [0.5, 0.6) is 11.5 Å². The summed E-state index contributed by atoms with van der Waals surface area (Å²) in [5.74, 6) is 8.81. The Morgan fingerprint density at radius 2 is 0.768 bits per heavy atom. The average Bonchev–Trinajstić information content (AvgIpc) is 1.16. The molecule has 0 spiro atoms. The fraction of sp³-hybridized carbons (Fsp3) is 0.277. The summed E-state index contributed by atoms with van der Waals surface area (Å²) < 4.78 is 18.7. The predicted octanol–water partition coefficient (Wildman–Crippen LogP) is 22.4. The summed E-state index contributed by atoms with van der Waals surface area (Å²) >= 11 is 1.57. The molecular weight excluding hydrogens is 1800 g/mol. The molecule has 142 heavy (non-hydrogen) atoms. The number of aromatic nitrogens is 15. The van der Waals surface area contributed by atoms with Crippen LogP contribution in [-0.2, 0) is 26.7 Å². The summed E-state index contributed by atoms with van der Waals surface area (Å²) in [6, 6.07) is 61.6. The number of aryl methyl sites for hydroxylation is 7. The number of nitrogens with zero attached hydrogens (tertiary/aromatic N) is 16. The normalized spacial score (nSPS) is 11.9. The van der Waals surface area contributed by atoms with E-state index in [-0.39, 0.29) is 33.7 Å². The van der Waals surface area contributed by atoms with Gasteiger partial charge in [-0.25, -0.2) is 49.8 Å². The monoisotopic (exact) mass is 1920 g/mol. The molecule has 0 unspecified atom stereocenters. The molecule has 18 aromatic rings. The first-order valence-corrected chi connectivity index (χ1v) is 49.5. The molecule has 1 aliphatic carbocycles. The Kier molecular flexibility index (Phi) is 34.2. The van der Waals surface area contributed by atoms with Crippen LogP contribution in [0.15, 0.2) is 285 Å². The minimum Gasteiger partial charge on any atom is -0.491 e. The van der Waals surface area contributed by atoms with Crippen LogP contribution >= 0.6 is 11.3 Å². The van der Waals surface area contributed by atoms with Crippen molar-refractivity contribution in [1.29, 1.82) is 0 Å². The quantitative estimate of drug-likeness (QED) is 0.0243. The number of H-pyrrole nitrogens is 1. The van der Waals surface area contributed by atoms with E-state index in [0.717, 1.165) is 179 Å². The van der Waals surface area contributed by atoms with E-state index in [0.29, 0.717) is 96.1 Å². The van der Waals surface area contributed by atoms with Gasteiger partial charge in [-0.05, 0) is 204 Å². The Morgan fingerprint density at radius 3 is 1.19 bits per heavy atom. The first-order valence-electron chi connectivity index (χ1n) is 48.6. The first kappa shape index (κ1) is 101. The molecule has 2 aromatic carbocycles. The highest BCUT2D eigenvalue weighted by molar-refractivity contribution is 7.13. The number of anilines is 10. The third-order valence-electron chi connectivity index (χ3n) is 25.0. The standard InChI is InChI=1S/C26H29N5O2.C25H27N5O2.C22H26N4O.C20H18N4OS.C19H22N4O/c1-4-31(5-2)13-14-33-21-11-12-24(28-18-21)29-25-16-23-20(17-27-25)15-22(26(32)30(23)3)19-9-7-6-8-10-19;1-3-30(4-2)12-13-32-20-10-11-23(27-17-20)29-24-15-22-19(16-26-24)14-21(25(31)28-22)18-8-6-5-7-9-18;1-3-26-19-12-21(25-20-10-9-15(2)13-23-20)24-14-17(19)11-18(22(26)27)16-7-5-4-6-8-16;1-3-24-16-10-19(23-18-7-6-13(2)11-21-18)22-12-14(16)9-15(20(24)25)17-5-4-8-26-17;1-5-23-16-9-18(22-17-7-6-13(4)10-20-17)21-11-14(16)8-15(12(2)3)19(23)24/h6-12,15-18H,4-5,13-14H2,1-3H3,(H,27,28,29);5-11,14-17H,3-4,12-13H2,1-2H3,(H,28,31)(H,26,27,29);9-14,16H,3-8H2,1-2H3,(H,23,24,25);4-12H,3H2,1-2H3,(H,21,22,23);6-12H,5H2,1-4H3,(H,20,21,22). The van der Waals surface area contributed by atoms with Crippen LogP contribution in [0.1, 0.15) is 134 Å². The van der Waals surface area contributed by atoms with Crippen molar-refractivity contribution in [3.63, 3.8) is 0 Å². The number of aromatic amines is 1. The van der Waals surface area contributed by atoms with Gasteiger partial charge in [0.2, 0.25) is 0 Å². The molecule has 0 saturated heterocycles. The van der Waals surface area contributed by atoms with Crippen LogP contribution in [-0.4, -0.2) is 135 Å². The molecule has 29 nitrogen and oxygen atoms in total. The van der Waals surface area contributed by atoms with Crippen molar-refractivity contribution in [2.45, 2.75) is 147 Å². The van der Waals surface area contributed by atoms with Crippen LogP contribution in [0.4, 0.5) is 58.2 Å². The zero-order valence-electron chi connectivity index (χ0n) is 82.7. The molecule has 0 aliphatic heterocycles. The number of likely N-dealkylation sites (N-methyl/N-ethyl adjacent to an activating group) is 2. The van der Waals surface area contributed by atoms with Crippen molar-refractivity contribution >= 4 is 124 Å². The number of fused-ring (bicyclic) bond motifs is 5. The maximum atomic E-state index is 13.1. The minimum atomic E-state index is -0.134. The summed E-state index contributed by atoms with van der Waals surface area (Å²) in [5.41, 5.74) is 13.1. The highest BCUT2D eigenvalue weighted by Gasteiger charge is 2.23. The molecule has 16 aromatic heterocycles. The van der Waals surface area contributed by atoms with Crippen molar-refractivity contribution in [2.75, 3.05) is 79.1 Å². The van der Waals surface area contributed by atoms with Gasteiger partial charge in [-0.2, -0.15) is 0 Å². The van der Waals surface area contributed by atoms with Gasteiger partial charge >= 0.3 is 0 Å².